The van der Waals surface area contributed by atoms with E-state index in [1.165, 1.54) is 31.7 Å². The monoisotopic (exact) mass is 233 g/mol. The third-order valence-electron chi connectivity index (χ3n) is 3.58. The first-order valence-electron chi connectivity index (χ1n) is 6.47. The van der Waals surface area contributed by atoms with Crippen molar-refractivity contribution < 1.29 is 0 Å². The smallest absolute Gasteiger partial charge is 0.0307 e. The van der Waals surface area contributed by atoms with E-state index in [2.05, 4.69) is 41.1 Å². The van der Waals surface area contributed by atoms with Gasteiger partial charge in [0.25, 0.3) is 0 Å². The largest absolute Gasteiger partial charge is 0.324 e. The zero-order valence-electron chi connectivity index (χ0n) is 10.7. The Morgan fingerprint density at radius 3 is 2.41 bits per heavy atom. The molecular weight excluding hydrogens is 210 g/mol. The van der Waals surface area contributed by atoms with E-state index in [4.69, 9.17) is 5.73 Å². The molecule has 1 heterocycles. The van der Waals surface area contributed by atoms with Crippen LogP contribution in [0.5, 0.6) is 0 Å². The molecular formula is C14H23N3. The van der Waals surface area contributed by atoms with Gasteiger partial charge < -0.3 is 15.5 Å². The van der Waals surface area contributed by atoms with E-state index in [0.29, 0.717) is 0 Å². The van der Waals surface area contributed by atoms with Gasteiger partial charge in [-0.1, -0.05) is 30.3 Å². The van der Waals surface area contributed by atoms with E-state index >= 15 is 0 Å². The number of nitrogens with zero attached hydrogens (tertiary/aromatic N) is 2. The van der Waals surface area contributed by atoms with Gasteiger partial charge in [-0.05, 0) is 19.0 Å². The van der Waals surface area contributed by atoms with E-state index in [9.17, 15) is 0 Å². The van der Waals surface area contributed by atoms with Crippen molar-refractivity contribution in [3.05, 3.63) is 35.9 Å². The fraction of sp³-hybridized carbons (Fsp3) is 0.571. The molecule has 1 aromatic rings. The van der Waals surface area contributed by atoms with Gasteiger partial charge in [0, 0.05) is 38.8 Å². The zero-order chi connectivity index (χ0) is 12.1. The molecule has 0 saturated carbocycles. The van der Waals surface area contributed by atoms with Crippen molar-refractivity contribution in [1.29, 1.82) is 0 Å². The highest BCUT2D eigenvalue weighted by Crippen LogP contribution is 2.14. The molecule has 3 nitrogen and oxygen atoms in total. The first kappa shape index (κ1) is 12.6. The lowest BCUT2D eigenvalue weighted by Crippen LogP contribution is -2.45. The van der Waals surface area contributed by atoms with Gasteiger partial charge in [0.05, 0.1) is 0 Å². The van der Waals surface area contributed by atoms with E-state index in [-0.39, 0.29) is 6.04 Å². The van der Waals surface area contributed by atoms with Crippen LogP contribution in [0.25, 0.3) is 0 Å². The van der Waals surface area contributed by atoms with Crippen molar-refractivity contribution in [1.82, 2.24) is 9.80 Å². The van der Waals surface area contributed by atoms with Gasteiger partial charge in [-0.15, -0.1) is 0 Å². The molecule has 1 atom stereocenters. The summed E-state index contributed by atoms with van der Waals surface area (Å²) in [4.78, 5) is 4.90. The third-order valence-corrected chi connectivity index (χ3v) is 3.58. The number of benzene rings is 1. The topological polar surface area (TPSA) is 32.5 Å². The van der Waals surface area contributed by atoms with Crippen LogP contribution >= 0.6 is 0 Å². The molecule has 94 valence electrons. The van der Waals surface area contributed by atoms with Crippen LogP contribution in [0.1, 0.15) is 18.0 Å². The second kappa shape index (κ2) is 6.15. The number of hydrogen-bond acceptors (Lipinski definition) is 3. The summed E-state index contributed by atoms with van der Waals surface area (Å²) in [6.45, 7) is 5.83. The minimum Gasteiger partial charge on any atom is -0.324 e. The Bertz CT molecular complexity index is 317. The number of piperazine rings is 1. The average Bonchev–Trinajstić information content (AvgIpc) is 2.39. The van der Waals surface area contributed by atoms with Crippen molar-refractivity contribution in [2.75, 3.05) is 39.8 Å². The van der Waals surface area contributed by atoms with Crippen molar-refractivity contribution in [2.24, 2.45) is 5.73 Å². The summed E-state index contributed by atoms with van der Waals surface area (Å²) in [7, 11) is 2.19. The fourth-order valence-corrected chi connectivity index (χ4v) is 2.26. The van der Waals surface area contributed by atoms with Gasteiger partial charge in [-0.3, -0.25) is 0 Å². The Kier molecular flexibility index (Phi) is 4.54. The summed E-state index contributed by atoms with van der Waals surface area (Å²) < 4.78 is 0. The van der Waals surface area contributed by atoms with E-state index in [1.807, 2.05) is 6.07 Å². The molecule has 0 aromatic heterocycles. The second-order valence-corrected chi connectivity index (χ2v) is 4.95. The van der Waals surface area contributed by atoms with Gasteiger partial charge in [0.15, 0.2) is 0 Å². The predicted octanol–water partition coefficient (Wildman–Crippen LogP) is 1.32. The lowest BCUT2D eigenvalue weighted by atomic mass is 10.0. The SMILES string of the molecule is CN1CCN(CCC(N)c2ccccc2)CC1. The molecule has 0 radical (unpaired) electrons. The molecule has 1 saturated heterocycles. The van der Waals surface area contributed by atoms with E-state index in [1.54, 1.807) is 0 Å². The molecule has 2 N–H and O–H groups in total. The quantitative estimate of drug-likeness (QED) is 0.851. The van der Waals surface area contributed by atoms with Gasteiger partial charge in [0.1, 0.15) is 0 Å². The Hall–Kier alpha value is -0.900. The molecule has 17 heavy (non-hydrogen) atoms. The fourth-order valence-electron chi connectivity index (χ4n) is 2.26. The second-order valence-electron chi connectivity index (χ2n) is 4.95. The summed E-state index contributed by atoms with van der Waals surface area (Å²) >= 11 is 0. The maximum absolute atomic E-state index is 6.20. The minimum atomic E-state index is 0.177. The summed E-state index contributed by atoms with van der Waals surface area (Å²) in [6, 6.07) is 10.6. The van der Waals surface area contributed by atoms with Gasteiger partial charge >= 0.3 is 0 Å². The van der Waals surface area contributed by atoms with Crippen LogP contribution in [0.4, 0.5) is 0 Å². The maximum Gasteiger partial charge on any atom is 0.0307 e. The Morgan fingerprint density at radius 2 is 1.76 bits per heavy atom. The highest BCUT2D eigenvalue weighted by Gasteiger charge is 2.14. The predicted molar refractivity (Wildman–Crippen MR) is 71.9 cm³/mol. The normalized spacial score (nSPS) is 20.4. The average molecular weight is 233 g/mol. The van der Waals surface area contributed by atoms with E-state index in [0.717, 1.165) is 13.0 Å². The van der Waals surface area contributed by atoms with Crippen LogP contribution in [0, 0.1) is 0 Å². The van der Waals surface area contributed by atoms with Gasteiger partial charge in [-0.25, -0.2) is 0 Å². The van der Waals surface area contributed by atoms with Crippen molar-refractivity contribution in [3.63, 3.8) is 0 Å². The molecule has 1 aliphatic heterocycles. The lowest BCUT2D eigenvalue weighted by Gasteiger charge is -2.32. The molecule has 3 heteroatoms. The summed E-state index contributed by atoms with van der Waals surface area (Å²) in [5.74, 6) is 0. The Balaban J connectivity index is 1.75. The van der Waals surface area contributed by atoms with Gasteiger partial charge in [0.2, 0.25) is 0 Å². The van der Waals surface area contributed by atoms with Crippen LogP contribution in [-0.4, -0.2) is 49.6 Å². The minimum absolute atomic E-state index is 0.177. The first-order chi connectivity index (χ1) is 8.25. The molecule has 0 bridgehead atoms. The van der Waals surface area contributed by atoms with E-state index < -0.39 is 0 Å². The van der Waals surface area contributed by atoms with Crippen molar-refractivity contribution >= 4 is 0 Å². The number of nitrogens with two attached hydrogens (primary N) is 1. The summed E-state index contributed by atoms with van der Waals surface area (Å²) in [6.07, 6.45) is 1.05. The van der Waals surface area contributed by atoms with Crippen molar-refractivity contribution in [3.8, 4) is 0 Å². The molecule has 1 fully saturated rings. The molecule has 1 unspecified atom stereocenters. The molecule has 1 aliphatic rings. The summed E-state index contributed by atoms with van der Waals surface area (Å²) in [5, 5.41) is 0. The highest BCUT2D eigenvalue weighted by molar-refractivity contribution is 5.18. The molecule has 2 rings (SSSR count). The zero-order valence-corrected chi connectivity index (χ0v) is 10.7. The van der Waals surface area contributed by atoms with Crippen molar-refractivity contribution in [2.45, 2.75) is 12.5 Å². The maximum atomic E-state index is 6.20. The lowest BCUT2D eigenvalue weighted by molar-refractivity contribution is 0.150. The third kappa shape index (κ3) is 3.80. The number of likely N-dealkylation sites (N-methyl/N-ethyl adjacent to an activating group) is 1. The number of hydrogen-bond donors (Lipinski definition) is 1. The highest BCUT2D eigenvalue weighted by atomic mass is 15.2. The van der Waals surface area contributed by atoms with Crippen LogP contribution < -0.4 is 5.73 Å². The van der Waals surface area contributed by atoms with Crippen LogP contribution in [0.3, 0.4) is 0 Å². The van der Waals surface area contributed by atoms with Gasteiger partial charge in [-0.2, -0.15) is 0 Å². The van der Waals surface area contributed by atoms with Crippen LogP contribution in [-0.2, 0) is 0 Å². The number of rotatable bonds is 4. The molecule has 0 amide bonds. The molecule has 0 spiro atoms. The van der Waals surface area contributed by atoms with Crippen LogP contribution in [0.15, 0.2) is 30.3 Å². The Morgan fingerprint density at radius 1 is 1.12 bits per heavy atom. The first-order valence-corrected chi connectivity index (χ1v) is 6.47. The summed E-state index contributed by atoms with van der Waals surface area (Å²) in [5.41, 5.74) is 7.45. The Labute approximate surface area is 104 Å². The standard InChI is InChI=1S/C14H23N3/c1-16-9-11-17(12-10-16)8-7-14(15)13-5-3-2-4-6-13/h2-6,14H,7-12,15H2,1H3. The molecule has 0 aliphatic carbocycles. The molecule has 1 aromatic carbocycles. The van der Waals surface area contributed by atoms with Crippen LogP contribution in [0.2, 0.25) is 0 Å².